The normalized spacial score (nSPS) is 10.9. The number of rotatable bonds is 4. The molecule has 0 saturated carbocycles. The van der Waals surface area contributed by atoms with Gasteiger partial charge in [0.1, 0.15) is 12.2 Å². The molecule has 3 aromatic rings. The molecule has 0 bridgehead atoms. The molecule has 5 nitrogen and oxygen atoms in total. The van der Waals surface area contributed by atoms with Crippen LogP contribution in [0.2, 0.25) is 0 Å². The number of nitrogens with one attached hydrogen (secondary N) is 2. The summed E-state index contributed by atoms with van der Waals surface area (Å²) in [5.74, 6) is 0.935. The van der Waals surface area contributed by atoms with Gasteiger partial charge in [0, 0.05) is 12.7 Å². The molecular weight excluding hydrogens is 226 g/mol. The molecule has 5 heteroatoms. The first-order valence-corrected chi connectivity index (χ1v) is 5.81. The van der Waals surface area contributed by atoms with E-state index >= 15 is 0 Å². The van der Waals surface area contributed by atoms with Gasteiger partial charge in [0.05, 0.1) is 23.3 Å². The monoisotopic (exact) mass is 239 g/mol. The van der Waals surface area contributed by atoms with Crippen molar-refractivity contribution >= 4 is 11.0 Å². The summed E-state index contributed by atoms with van der Waals surface area (Å²) in [6, 6.07) is 9.90. The Bertz CT molecular complexity index is 599. The summed E-state index contributed by atoms with van der Waals surface area (Å²) in [6.45, 7) is 1.40. The van der Waals surface area contributed by atoms with Crippen molar-refractivity contribution in [2.45, 2.75) is 13.1 Å². The van der Waals surface area contributed by atoms with Crippen molar-refractivity contribution in [2.24, 2.45) is 0 Å². The molecule has 2 aromatic heterocycles. The number of hydrogen-bond donors (Lipinski definition) is 2. The van der Waals surface area contributed by atoms with E-state index in [1.54, 1.807) is 12.5 Å². The third kappa shape index (κ3) is 2.36. The van der Waals surface area contributed by atoms with E-state index in [1.165, 1.54) is 0 Å². The quantitative estimate of drug-likeness (QED) is 0.726. The molecule has 0 fully saturated rings. The molecule has 1 aromatic carbocycles. The average Bonchev–Trinajstić information content (AvgIpc) is 2.82. The predicted octanol–water partition coefficient (Wildman–Crippen LogP) is 1.64. The van der Waals surface area contributed by atoms with Gasteiger partial charge in [0.25, 0.3) is 0 Å². The number of benzene rings is 1. The van der Waals surface area contributed by atoms with Gasteiger partial charge in [-0.3, -0.25) is 0 Å². The lowest BCUT2D eigenvalue weighted by molar-refractivity contribution is 0.657. The van der Waals surface area contributed by atoms with Crippen molar-refractivity contribution in [3.63, 3.8) is 0 Å². The van der Waals surface area contributed by atoms with Crippen molar-refractivity contribution in [3.8, 4) is 0 Å². The number of nitrogens with zero attached hydrogens (tertiary/aromatic N) is 3. The Morgan fingerprint density at radius 2 is 2.06 bits per heavy atom. The Hall–Kier alpha value is -2.27. The van der Waals surface area contributed by atoms with Gasteiger partial charge < -0.3 is 10.3 Å². The van der Waals surface area contributed by atoms with Gasteiger partial charge in [0.2, 0.25) is 0 Å². The molecule has 0 amide bonds. The lowest BCUT2D eigenvalue weighted by Crippen LogP contribution is -2.14. The zero-order valence-electron chi connectivity index (χ0n) is 9.80. The zero-order chi connectivity index (χ0) is 12.2. The van der Waals surface area contributed by atoms with Crippen molar-refractivity contribution in [1.29, 1.82) is 0 Å². The van der Waals surface area contributed by atoms with Crippen molar-refractivity contribution < 1.29 is 0 Å². The van der Waals surface area contributed by atoms with Crippen LogP contribution in [0, 0.1) is 0 Å². The third-order valence-corrected chi connectivity index (χ3v) is 2.68. The molecule has 0 aliphatic carbocycles. The Morgan fingerprint density at radius 1 is 1.11 bits per heavy atom. The van der Waals surface area contributed by atoms with Gasteiger partial charge in [-0.2, -0.15) is 0 Å². The maximum atomic E-state index is 4.49. The van der Waals surface area contributed by atoms with Gasteiger partial charge in [0.15, 0.2) is 0 Å². The fourth-order valence-electron chi connectivity index (χ4n) is 1.82. The summed E-state index contributed by atoms with van der Waals surface area (Å²) in [5, 5.41) is 3.29. The van der Waals surface area contributed by atoms with Crippen LogP contribution in [-0.4, -0.2) is 19.9 Å². The van der Waals surface area contributed by atoms with E-state index in [4.69, 9.17) is 0 Å². The van der Waals surface area contributed by atoms with Crippen molar-refractivity contribution in [1.82, 2.24) is 25.3 Å². The number of aromatic nitrogens is 4. The van der Waals surface area contributed by atoms with E-state index in [-0.39, 0.29) is 0 Å². The van der Waals surface area contributed by atoms with E-state index in [0.29, 0.717) is 13.1 Å². The van der Waals surface area contributed by atoms with Crippen LogP contribution in [0.1, 0.15) is 11.5 Å². The van der Waals surface area contributed by atoms with Gasteiger partial charge in [-0.1, -0.05) is 12.1 Å². The molecule has 0 saturated heterocycles. The van der Waals surface area contributed by atoms with E-state index in [2.05, 4.69) is 25.3 Å². The second-order valence-electron chi connectivity index (χ2n) is 4.00. The van der Waals surface area contributed by atoms with Crippen molar-refractivity contribution in [2.75, 3.05) is 0 Å². The number of imidazole rings is 1. The summed E-state index contributed by atoms with van der Waals surface area (Å²) in [4.78, 5) is 15.8. The first kappa shape index (κ1) is 10.9. The molecule has 0 aliphatic heterocycles. The molecular formula is C13H13N5. The summed E-state index contributed by atoms with van der Waals surface area (Å²) < 4.78 is 0. The van der Waals surface area contributed by atoms with Crippen LogP contribution in [0.4, 0.5) is 0 Å². The standard InChI is InChI=1S/C13H13N5/c1-2-4-12-11(3-1)17-13(18-12)8-15-7-10-5-6-14-9-16-10/h1-6,9,15H,7-8H2,(H,17,18). The highest BCUT2D eigenvalue weighted by Crippen LogP contribution is 2.09. The maximum absolute atomic E-state index is 4.49. The first-order chi connectivity index (χ1) is 8.92. The summed E-state index contributed by atoms with van der Waals surface area (Å²) >= 11 is 0. The number of hydrogen-bond acceptors (Lipinski definition) is 4. The zero-order valence-corrected chi connectivity index (χ0v) is 9.80. The molecule has 2 N–H and O–H groups in total. The lowest BCUT2D eigenvalue weighted by atomic mass is 10.3. The van der Waals surface area contributed by atoms with E-state index in [9.17, 15) is 0 Å². The molecule has 0 radical (unpaired) electrons. The SMILES string of the molecule is c1ccc2[nH]c(CNCc3ccncn3)nc2c1. The molecule has 2 heterocycles. The lowest BCUT2D eigenvalue weighted by Gasteiger charge is -2.00. The minimum Gasteiger partial charge on any atom is -0.341 e. The summed E-state index contributed by atoms with van der Waals surface area (Å²) in [5.41, 5.74) is 3.04. The molecule has 3 rings (SSSR count). The highest BCUT2D eigenvalue weighted by Gasteiger charge is 2.01. The van der Waals surface area contributed by atoms with Crippen LogP contribution >= 0.6 is 0 Å². The van der Waals surface area contributed by atoms with E-state index in [0.717, 1.165) is 22.6 Å². The summed E-state index contributed by atoms with van der Waals surface area (Å²) in [7, 11) is 0. The largest absolute Gasteiger partial charge is 0.341 e. The molecule has 0 aliphatic rings. The maximum Gasteiger partial charge on any atom is 0.121 e. The van der Waals surface area contributed by atoms with E-state index in [1.807, 2.05) is 30.3 Å². The fraction of sp³-hybridized carbons (Fsp3) is 0.154. The Morgan fingerprint density at radius 3 is 2.89 bits per heavy atom. The molecule has 0 atom stereocenters. The average molecular weight is 239 g/mol. The molecule has 90 valence electrons. The first-order valence-electron chi connectivity index (χ1n) is 5.81. The molecule has 18 heavy (non-hydrogen) atoms. The second-order valence-corrected chi connectivity index (χ2v) is 4.00. The van der Waals surface area contributed by atoms with Crippen LogP contribution in [-0.2, 0) is 13.1 Å². The van der Waals surface area contributed by atoms with E-state index < -0.39 is 0 Å². The summed E-state index contributed by atoms with van der Waals surface area (Å²) in [6.07, 6.45) is 3.30. The van der Waals surface area contributed by atoms with Gasteiger partial charge in [-0.25, -0.2) is 15.0 Å². The Kier molecular flexibility index (Phi) is 2.97. The Labute approximate surface area is 104 Å². The fourth-order valence-corrected chi connectivity index (χ4v) is 1.82. The second kappa shape index (κ2) is 4.93. The number of aromatic amines is 1. The van der Waals surface area contributed by atoms with Crippen LogP contribution in [0.25, 0.3) is 11.0 Å². The van der Waals surface area contributed by atoms with Crippen LogP contribution in [0.3, 0.4) is 0 Å². The minimum atomic E-state index is 0.693. The van der Waals surface area contributed by atoms with Crippen LogP contribution < -0.4 is 5.32 Å². The highest BCUT2D eigenvalue weighted by atomic mass is 15.0. The predicted molar refractivity (Wildman–Crippen MR) is 68.7 cm³/mol. The van der Waals surface area contributed by atoms with Crippen LogP contribution in [0.15, 0.2) is 42.9 Å². The van der Waals surface area contributed by atoms with Crippen LogP contribution in [0.5, 0.6) is 0 Å². The van der Waals surface area contributed by atoms with Gasteiger partial charge >= 0.3 is 0 Å². The molecule has 0 spiro atoms. The third-order valence-electron chi connectivity index (χ3n) is 2.68. The smallest absolute Gasteiger partial charge is 0.121 e. The molecule has 0 unspecified atom stereocenters. The number of fused-ring (bicyclic) bond motifs is 1. The van der Waals surface area contributed by atoms with Crippen molar-refractivity contribution in [3.05, 3.63) is 54.4 Å². The Balaban J connectivity index is 1.63. The minimum absolute atomic E-state index is 0.693. The van der Waals surface area contributed by atoms with Gasteiger partial charge in [-0.15, -0.1) is 0 Å². The number of para-hydroxylation sites is 2. The highest BCUT2D eigenvalue weighted by molar-refractivity contribution is 5.74. The number of H-pyrrole nitrogens is 1. The van der Waals surface area contributed by atoms with Gasteiger partial charge in [-0.05, 0) is 18.2 Å². The topological polar surface area (TPSA) is 66.5 Å².